The minimum absolute atomic E-state index is 0.107. The first-order valence-electron chi connectivity index (χ1n) is 8.00. The average Bonchev–Trinajstić information content (AvgIpc) is 2.52. The number of amides is 1. The molecule has 1 aliphatic rings. The normalized spacial score (nSPS) is 17.4. The van der Waals surface area contributed by atoms with Crippen LogP contribution in [-0.2, 0) is 0 Å². The van der Waals surface area contributed by atoms with Gasteiger partial charge in [-0.2, -0.15) is 0 Å². The van der Waals surface area contributed by atoms with E-state index < -0.39 is 0 Å². The number of aliphatic hydroxyl groups excluding tert-OH is 1. The lowest BCUT2D eigenvalue weighted by atomic mass is 9.83. The average molecular weight is 290 g/mol. The highest BCUT2D eigenvalue weighted by Crippen LogP contribution is 2.28. The lowest BCUT2D eigenvalue weighted by Crippen LogP contribution is -2.32. The first kappa shape index (κ1) is 16.0. The Morgan fingerprint density at radius 1 is 1.38 bits per heavy atom. The highest BCUT2D eigenvalue weighted by molar-refractivity contribution is 5.93. The van der Waals surface area contributed by atoms with E-state index >= 15 is 0 Å². The first-order chi connectivity index (χ1) is 10.2. The summed E-state index contributed by atoms with van der Waals surface area (Å²) < 4.78 is 0. The molecule has 1 heterocycles. The summed E-state index contributed by atoms with van der Waals surface area (Å²) in [5, 5.41) is 12.4. The molecule has 2 N–H and O–H groups in total. The smallest absolute Gasteiger partial charge is 0.252 e. The van der Waals surface area contributed by atoms with Crippen molar-refractivity contribution in [1.29, 1.82) is 0 Å². The van der Waals surface area contributed by atoms with Crippen LogP contribution in [0.3, 0.4) is 0 Å². The van der Waals surface area contributed by atoms with Crippen LogP contribution in [0.4, 0.5) is 0 Å². The fourth-order valence-corrected chi connectivity index (χ4v) is 3.06. The third kappa shape index (κ3) is 5.12. The Hall–Kier alpha value is -1.42. The van der Waals surface area contributed by atoms with Gasteiger partial charge in [0.05, 0.1) is 5.56 Å². The second kappa shape index (κ2) is 8.13. The van der Waals surface area contributed by atoms with Crippen molar-refractivity contribution in [3.05, 3.63) is 29.6 Å². The highest BCUT2D eigenvalue weighted by atomic mass is 16.3. The second-order valence-electron chi connectivity index (χ2n) is 6.19. The molecule has 0 saturated heterocycles. The van der Waals surface area contributed by atoms with Crippen molar-refractivity contribution in [1.82, 2.24) is 10.3 Å². The molecule has 2 rings (SSSR count). The molecule has 1 amide bonds. The van der Waals surface area contributed by atoms with E-state index in [9.17, 15) is 9.90 Å². The van der Waals surface area contributed by atoms with Gasteiger partial charge in [0.15, 0.2) is 0 Å². The van der Waals surface area contributed by atoms with Crippen molar-refractivity contribution in [2.75, 3.05) is 13.2 Å². The second-order valence-corrected chi connectivity index (χ2v) is 6.19. The van der Waals surface area contributed by atoms with Crippen LogP contribution in [0.1, 0.15) is 54.6 Å². The molecular formula is C17H26N2O2. The topological polar surface area (TPSA) is 62.2 Å². The molecule has 0 radical (unpaired) electrons. The summed E-state index contributed by atoms with van der Waals surface area (Å²) >= 11 is 0. The molecule has 4 nitrogen and oxygen atoms in total. The van der Waals surface area contributed by atoms with E-state index in [-0.39, 0.29) is 18.4 Å². The molecule has 4 heteroatoms. The van der Waals surface area contributed by atoms with Crippen LogP contribution in [0.15, 0.2) is 18.3 Å². The maximum atomic E-state index is 12.0. The van der Waals surface area contributed by atoms with Gasteiger partial charge in [0, 0.05) is 25.0 Å². The fourth-order valence-electron chi connectivity index (χ4n) is 3.06. The Morgan fingerprint density at radius 3 is 2.76 bits per heavy atom. The van der Waals surface area contributed by atoms with E-state index in [0.717, 1.165) is 12.1 Å². The zero-order chi connectivity index (χ0) is 15.1. The van der Waals surface area contributed by atoms with E-state index in [1.54, 1.807) is 12.3 Å². The predicted molar refractivity (Wildman–Crippen MR) is 83.1 cm³/mol. The van der Waals surface area contributed by atoms with Gasteiger partial charge < -0.3 is 10.4 Å². The molecule has 0 spiro atoms. The fraction of sp³-hybridized carbons (Fsp3) is 0.647. The van der Waals surface area contributed by atoms with E-state index in [2.05, 4.69) is 10.3 Å². The van der Waals surface area contributed by atoms with Gasteiger partial charge in [-0.3, -0.25) is 9.78 Å². The zero-order valence-corrected chi connectivity index (χ0v) is 12.8. The van der Waals surface area contributed by atoms with Crippen LogP contribution in [0.25, 0.3) is 0 Å². The SMILES string of the molecule is Cc1ccc(C(=O)NC[C@@H](CO)CC2CCCCC2)cn1. The van der Waals surface area contributed by atoms with Crippen LogP contribution in [0.5, 0.6) is 0 Å². The number of pyridine rings is 1. The summed E-state index contributed by atoms with van der Waals surface area (Å²) in [5.41, 5.74) is 1.48. The number of hydrogen-bond donors (Lipinski definition) is 2. The van der Waals surface area contributed by atoms with E-state index in [1.807, 2.05) is 13.0 Å². The van der Waals surface area contributed by atoms with Gasteiger partial charge in [0.2, 0.25) is 0 Å². The van der Waals surface area contributed by atoms with Crippen LogP contribution in [-0.4, -0.2) is 29.1 Å². The minimum Gasteiger partial charge on any atom is -0.396 e. The van der Waals surface area contributed by atoms with E-state index in [0.29, 0.717) is 18.0 Å². The van der Waals surface area contributed by atoms with Crippen LogP contribution < -0.4 is 5.32 Å². The lowest BCUT2D eigenvalue weighted by molar-refractivity contribution is 0.0932. The van der Waals surface area contributed by atoms with Crippen LogP contribution >= 0.6 is 0 Å². The molecule has 1 aromatic rings. The van der Waals surface area contributed by atoms with Gasteiger partial charge in [-0.25, -0.2) is 0 Å². The molecule has 1 aromatic heterocycles. The first-order valence-corrected chi connectivity index (χ1v) is 8.00. The van der Waals surface area contributed by atoms with E-state index in [4.69, 9.17) is 0 Å². The Morgan fingerprint density at radius 2 is 2.14 bits per heavy atom. The molecule has 1 atom stereocenters. The Kier molecular flexibility index (Phi) is 6.18. The highest BCUT2D eigenvalue weighted by Gasteiger charge is 2.19. The summed E-state index contributed by atoms with van der Waals surface area (Å²) in [7, 11) is 0. The monoisotopic (exact) mass is 290 g/mol. The molecule has 21 heavy (non-hydrogen) atoms. The summed E-state index contributed by atoms with van der Waals surface area (Å²) in [6, 6.07) is 3.62. The Labute approximate surface area is 127 Å². The number of aryl methyl sites for hydroxylation is 1. The standard InChI is InChI=1S/C17H26N2O2/c1-13-7-8-16(11-18-13)17(21)19-10-15(12-20)9-14-5-3-2-4-6-14/h7-8,11,14-15,20H,2-6,9-10,12H2,1H3,(H,19,21)/t15-/m0/s1. The molecule has 1 saturated carbocycles. The number of carbonyl (C=O) groups is 1. The molecule has 0 aromatic carbocycles. The van der Waals surface area contributed by atoms with Crippen molar-refractivity contribution in [3.63, 3.8) is 0 Å². The number of nitrogens with one attached hydrogen (secondary N) is 1. The molecule has 1 aliphatic carbocycles. The molecule has 0 unspecified atom stereocenters. The van der Waals surface area contributed by atoms with Gasteiger partial charge in [-0.15, -0.1) is 0 Å². The number of aromatic nitrogens is 1. The van der Waals surface area contributed by atoms with Crippen molar-refractivity contribution in [2.24, 2.45) is 11.8 Å². The molecule has 1 fully saturated rings. The van der Waals surface area contributed by atoms with Crippen LogP contribution in [0.2, 0.25) is 0 Å². The molecular weight excluding hydrogens is 264 g/mol. The number of hydrogen-bond acceptors (Lipinski definition) is 3. The number of carbonyl (C=O) groups excluding carboxylic acids is 1. The largest absolute Gasteiger partial charge is 0.396 e. The number of nitrogens with zero attached hydrogens (tertiary/aromatic N) is 1. The third-order valence-electron chi connectivity index (χ3n) is 4.37. The predicted octanol–water partition coefficient (Wildman–Crippen LogP) is 2.70. The van der Waals surface area contributed by atoms with Crippen molar-refractivity contribution >= 4 is 5.91 Å². The summed E-state index contributed by atoms with van der Waals surface area (Å²) in [5.74, 6) is 0.772. The summed E-state index contributed by atoms with van der Waals surface area (Å²) in [6.07, 6.45) is 9.12. The van der Waals surface area contributed by atoms with Gasteiger partial charge in [-0.1, -0.05) is 32.1 Å². The maximum absolute atomic E-state index is 12.0. The van der Waals surface area contributed by atoms with Crippen molar-refractivity contribution in [3.8, 4) is 0 Å². The Balaban J connectivity index is 1.79. The van der Waals surface area contributed by atoms with Gasteiger partial charge >= 0.3 is 0 Å². The van der Waals surface area contributed by atoms with Crippen molar-refractivity contribution < 1.29 is 9.90 Å². The Bertz CT molecular complexity index is 439. The molecule has 0 bridgehead atoms. The summed E-state index contributed by atoms with van der Waals surface area (Å²) in [4.78, 5) is 16.2. The quantitative estimate of drug-likeness (QED) is 0.846. The van der Waals surface area contributed by atoms with Crippen molar-refractivity contribution in [2.45, 2.75) is 45.4 Å². The van der Waals surface area contributed by atoms with Gasteiger partial charge in [0.25, 0.3) is 5.91 Å². The van der Waals surface area contributed by atoms with Gasteiger partial charge in [0.1, 0.15) is 0 Å². The summed E-state index contributed by atoms with van der Waals surface area (Å²) in [6.45, 7) is 2.58. The van der Waals surface area contributed by atoms with E-state index in [1.165, 1.54) is 32.1 Å². The number of aliphatic hydroxyl groups is 1. The zero-order valence-electron chi connectivity index (χ0n) is 12.8. The molecule has 0 aliphatic heterocycles. The van der Waals surface area contributed by atoms with Crippen LogP contribution in [0, 0.1) is 18.8 Å². The lowest BCUT2D eigenvalue weighted by Gasteiger charge is -2.25. The number of rotatable bonds is 6. The maximum Gasteiger partial charge on any atom is 0.252 e. The minimum atomic E-state index is -0.107. The molecule has 116 valence electrons. The van der Waals surface area contributed by atoms with Gasteiger partial charge in [-0.05, 0) is 37.3 Å². The third-order valence-corrected chi connectivity index (χ3v) is 4.37.